The molecule has 0 aromatic carbocycles. The molecule has 0 fully saturated rings. The molecule has 0 saturated heterocycles. The molecular formula is C44H87O8P. The number of hydrogen-bond donors (Lipinski definition) is 2. The Balaban J connectivity index is 3.81. The average Bonchev–Trinajstić information content (AvgIpc) is 3.13. The second-order valence-corrected chi connectivity index (χ2v) is 17.0. The summed E-state index contributed by atoms with van der Waals surface area (Å²) in [7, 11) is -4.75. The third-order valence-corrected chi connectivity index (χ3v) is 10.9. The summed E-state index contributed by atoms with van der Waals surface area (Å²) in [5, 5.41) is 0. The van der Waals surface area contributed by atoms with E-state index < -0.39 is 32.5 Å². The maximum absolute atomic E-state index is 12.4. The molecule has 0 aliphatic carbocycles. The third-order valence-electron chi connectivity index (χ3n) is 10.4. The van der Waals surface area contributed by atoms with Gasteiger partial charge in [-0.25, -0.2) is 4.57 Å². The van der Waals surface area contributed by atoms with Crippen LogP contribution in [0.15, 0.2) is 0 Å². The highest BCUT2D eigenvalue weighted by Crippen LogP contribution is 2.36. The molecule has 0 unspecified atom stereocenters. The van der Waals surface area contributed by atoms with Crippen molar-refractivity contribution in [2.24, 2.45) is 0 Å². The van der Waals surface area contributed by atoms with Crippen molar-refractivity contribution in [3.05, 3.63) is 0 Å². The van der Waals surface area contributed by atoms with E-state index in [1.54, 1.807) is 0 Å². The molecule has 2 N–H and O–H groups in total. The van der Waals surface area contributed by atoms with Gasteiger partial charge in [0.2, 0.25) is 0 Å². The molecule has 1 atom stereocenters. The molecule has 8 nitrogen and oxygen atoms in total. The van der Waals surface area contributed by atoms with E-state index >= 15 is 0 Å². The van der Waals surface area contributed by atoms with Gasteiger partial charge in [-0.05, 0) is 12.8 Å². The summed E-state index contributed by atoms with van der Waals surface area (Å²) >= 11 is 0. The fourth-order valence-corrected chi connectivity index (χ4v) is 7.32. The third kappa shape index (κ3) is 43.6. The van der Waals surface area contributed by atoms with Gasteiger partial charge in [-0.3, -0.25) is 14.1 Å². The number of rotatable bonds is 43. The van der Waals surface area contributed by atoms with E-state index in [-0.39, 0.29) is 19.4 Å². The van der Waals surface area contributed by atoms with Gasteiger partial charge in [-0.1, -0.05) is 226 Å². The van der Waals surface area contributed by atoms with Crippen molar-refractivity contribution in [2.75, 3.05) is 13.2 Å². The zero-order valence-electron chi connectivity index (χ0n) is 34.9. The molecule has 0 aromatic rings. The molecule has 0 aromatic heterocycles. The molecule has 0 amide bonds. The van der Waals surface area contributed by atoms with Gasteiger partial charge in [0, 0.05) is 12.8 Å². The molecule has 0 radical (unpaired) electrons. The van der Waals surface area contributed by atoms with Crippen LogP contribution in [0, 0.1) is 0 Å². The Labute approximate surface area is 327 Å². The van der Waals surface area contributed by atoms with Crippen molar-refractivity contribution in [3.8, 4) is 0 Å². The summed E-state index contributed by atoms with van der Waals surface area (Å²) in [6.07, 6.45) is 44.0. The Morgan fingerprint density at radius 2 is 0.679 bits per heavy atom. The highest BCUT2D eigenvalue weighted by Gasteiger charge is 2.23. The Bertz CT molecular complexity index is 832. The monoisotopic (exact) mass is 775 g/mol. The summed E-state index contributed by atoms with van der Waals surface area (Å²) in [6, 6.07) is 0. The first-order valence-electron chi connectivity index (χ1n) is 22.8. The maximum Gasteiger partial charge on any atom is 0.469 e. The van der Waals surface area contributed by atoms with Gasteiger partial charge in [0.15, 0.2) is 6.10 Å². The van der Waals surface area contributed by atoms with E-state index in [2.05, 4.69) is 18.4 Å². The van der Waals surface area contributed by atoms with Crippen molar-refractivity contribution < 1.29 is 37.9 Å². The second kappa shape index (κ2) is 40.7. The largest absolute Gasteiger partial charge is 0.469 e. The van der Waals surface area contributed by atoms with Crippen LogP contribution in [0.25, 0.3) is 0 Å². The lowest BCUT2D eigenvalue weighted by atomic mass is 10.0. The minimum absolute atomic E-state index is 0.221. The maximum atomic E-state index is 12.4. The topological polar surface area (TPSA) is 119 Å². The lowest BCUT2D eigenvalue weighted by Gasteiger charge is -2.18. The second-order valence-electron chi connectivity index (χ2n) is 15.7. The Kier molecular flexibility index (Phi) is 40.0. The van der Waals surface area contributed by atoms with E-state index in [1.807, 2.05) is 0 Å². The van der Waals surface area contributed by atoms with Gasteiger partial charge in [0.25, 0.3) is 0 Å². The molecule has 0 heterocycles. The smallest absolute Gasteiger partial charge is 0.462 e. The first-order chi connectivity index (χ1) is 25.8. The van der Waals surface area contributed by atoms with Gasteiger partial charge in [0.05, 0.1) is 6.61 Å². The molecular weight excluding hydrogens is 687 g/mol. The number of carbonyl (C=O) groups excluding carboxylic acids is 2. The van der Waals surface area contributed by atoms with Crippen molar-refractivity contribution in [2.45, 2.75) is 258 Å². The van der Waals surface area contributed by atoms with Crippen LogP contribution in [0.1, 0.15) is 251 Å². The van der Waals surface area contributed by atoms with E-state index in [0.29, 0.717) is 6.42 Å². The van der Waals surface area contributed by atoms with E-state index in [0.717, 1.165) is 32.1 Å². The first-order valence-corrected chi connectivity index (χ1v) is 24.4. The van der Waals surface area contributed by atoms with Crippen LogP contribution >= 0.6 is 7.82 Å². The number of ether oxygens (including phenoxy) is 2. The predicted molar refractivity (Wildman–Crippen MR) is 221 cm³/mol. The molecule has 0 aliphatic heterocycles. The fourth-order valence-electron chi connectivity index (χ4n) is 6.96. The van der Waals surface area contributed by atoms with Gasteiger partial charge in [-0.2, -0.15) is 0 Å². The summed E-state index contributed by atoms with van der Waals surface area (Å²) < 4.78 is 26.5. The molecule has 0 rings (SSSR count). The van der Waals surface area contributed by atoms with Gasteiger partial charge >= 0.3 is 19.8 Å². The number of phosphoric acid groups is 1. The minimum atomic E-state index is -4.75. The van der Waals surface area contributed by atoms with E-state index in [9.17, 15) is 14.2 Å². The molecule has 53 heavy (non-hydrogen) atoms. The molecule has 0 bridgehead atoms. The summed E-state index contributed by atoms with van der Waals surface area (Å²) in [5.74, 6) is -0.864. The molecule has 0 aliphatic rings. The lowest BCUT2D eigenvalue weighted by molar-refractivity contribution is -0.161. The average molecular weight is 775 g/mol. The first kappa shape index (κ1) is 52.0. The number of unbranched alkanes of at least 4 members (excludes halogenated alkanes) is 33. The predicted octanol–water partition coefficient (Wildman–Crippen LogP) is 14.0. The van der Waals surface area contributed by atoms with Gasteiger partial charge < -0.3 is 19.3 Å². The normalized spacial score (nSPS) is 12.3. The zero-order valence-corrected chi connectivity index (χ0v) is 35.8. The van der Waals surface area contributed by atoms with Gasteiger partial charge in [0.1, 0.15) is 6.61 Å². The van der Waals surface area contributed by atoms with Crippen LogP contribution in [-0.4, -0.2) is 41.0 Å². The van der Waals surface area contributed by atoms with Crippen molar-refractivity contribution >= 4 is 19.8 Å². The standard InChI is InChI=1S/C44H87O8P/c1-3-5-7-9-11-13-15-17-19-21-22-23-25-27-29-31-33-35-37-39-44(46)52-42(41-51-53(47,48)49)40-50-43(45)38-36-34-32-30-28-26-24-20-18-16-14-12-10-8-6-4-2/h42H,3-41H2,1-2H3,(H2,47,48,49)/t42-/m1/s1. The number of hydrogen-bond acceptors (Lipinski definition) is 6. The number of phosphoric ester groups is 1. The Hall–Kier alpha value is -0.950. The van der Waals surface area contributed by atoms with Crippen LogP contribution in [-0.2, 0) is 28.2 Å². The van der Waals surface area contributed by atoms with Gasteiger partial charge in [-0.15, -0.1) is 0 Å². The van der Waals surface area contributed by atoms with Crippen LogP contribution in [0.5, 0.6) is 0 Å². The van der Waals surface area contributed by atoms with E-state index in [1.165, 1.54) is 186 Å². The summed E-state index contributed by atoms with van der Waals surface area (Å²) in [6.45, 7) is 3.73. The lowest BCUT2D eigenvalue weighted by Crippen LogP contribution is -2.29. The SMILES string of the molecule is CCCCCCCCCCCCCCCCCCCCCC(=O)O[C@H](COC(=O)CCCCCCCCCCCCCCCCCC)COP(=O)(O)O. The summed E-state index contributed by atoms with van der Waals surface area (Å²) in [5.41, 5.74) is 0. The number of carbonyl (C=O) groups is 2. The van der Waals surface area contributed by atoms with Crippen LogP contribution < -0.4 is 0 Å². The summed E-state index contributed by atoms with van der Waals surface area (Å²) in [4.78, 5) is 42.9. The fraction of sp³-hybridized carbons (Fsp3) is 0.955. The van der Waals surface area contributed by atoms with Crippen LogP contribution in [0.2, 0.25) is 0 Å². The van der Waals surface area contributed by atoms with Crippen LogP contribution in [0.4, 0.5) is 0 Å². The van der Waals surface area contributed by atoms with Crippen molar-refractivity contribution in [3.63, 3.8) is 0 Å². The number of esters is 2. The van der Waals surface area contributed by atoms with Crippen molar-refractivity contribution in [1.82, 2.24) is 0 Å². The molecule has 316 valence electrons. The Morgan fingerprint density at radius 1 is 0.415 bits per heavy atom. The highest BCUT2D eigenvalue weighted by molar-refractivity contribution is 7.46. The quantitative estimate of drug-likeness (QED) is 0.0357. The highest BCUT2D eigenvalue weighted by atomic mass is 31.2. The Morgan fingerprint density at radius 3 is 0.962 bits per heavy atom. The molecule has 0 saturated carbocycles. The zero-order chi connectivity index (χ0) is 38.9. The van der Waals surface area contributed by atoms with Crippen molar-refractivity contribution in [1.29, 1.82) is 0 Å². The minimum Gasteiger partial charge on any atom is -0.462 e. The molecule has 0 spiro atoms. The molecule has 9 heteroatoms. The van der Waals surface area contributed by atoms with E-state index in [4.69, 9.17) is 19.3 Å². The van der Waals surface area contributed by atoms with Crippen LogP contribution in [0.3, 0.4) is 0 Å².